The van der Waals surface area contributed by atoms with Crippen molar-refractivity contribution >= 4 is 0 Å². The van der Waals surface area contributed by atoms with Crippen molar-refractivity contribution in [3.8, 4) is 0 Å². The second-order valence-corrected chi connectivity index (χ2v) is 3.73. The van der Waals surface area contributed by atoms with Crippen molar-refractivity contribution in [2.24, 2.45) is 5.73 Å². The third kappa shape index (κ3) is 1.56. The molecule has 0 amide bonds. The van der Waals surface area contributed by atoms with Crippen LogP contribution in [0.25, 0.3) is 0 Å². The lowest BCUT2D eigenvalue weighted by atomic mass is 9.90. The maximum Gasteiger partial charge on any atom is 0.213 e. The van der Waals surface area contributed by atoms with Crippen LogP contribution in [-0.2, 0) is 5.54 Å². The fourth-order valence-corrected chi connectivity index (χ4v) is 2.01. The molecule has 0 unspecified atom stereocenters. The second kappa shape index (κ2) is 3.07. The van der Waals surface area contributed by atoms with E-state index < -0.39 is 5.95 Å². The third-order valence-electron chi connectivity index (χ3n) is 2.80. The zero-order chi connectivity index (χ0) is 9.31. The average molecular weight is 180 g/mol. The van der Waals surface area contributed by atoms with Crippen molar-refractivity contribution in [1.29, 1.82) is 0 Å². The molecule has 3 heteroatoms. The van der Waals surface area contributed by atoms with E-state index in [1.165, 1.54) is 12.3 Å². The van der Waals surface area contributed by atoms with Gasteiger partial charge < -0.3 is 5.73 Å². The van der Waals surface area contributed by atoms with Crippen molar-refractivity contribution < 1.29 is 4.39 Å². The Labute approximate surface area is 77.0 Å². The average Bonchev–Trinajstić information content (AvgIpc) is 2.54. The van der Waals surface area contributed by atoms with Crippen LogP contribution in [0.3, 0.4) is 0 Å². The highest BCUT2D eigenvalue weighted by atomic mass is 19.1. The first-order valence-corrected chi connectivity index (χ1v) is 4.62. The number of nitrogens with zero attached hydrogens (tertiary/aromatic N) is 1. The zero-order valence-corrected chi connectivity index (χ0v) is 7.46. The molecule has 0 spiro atoms. The molecule has 2 nitrogen and oxygen atoms in total. The predicted octanol–water partition coefficient (Wildman–Crippen LogP) is 1.95. The maximum absolute atomic E-state index is 12.8. The number of nitrogens with two attached hydrogens (primary N) is 1. The van der Waals surface area contributed by atoms with Crippen LogP contribution < -0.4 is 5.73 Å². The van der Waals surface area contributed by atoms with E-state index >= 15 is 0 Å². The lowest BCUT2D eigenvalue weighted by molar-refractivity contribution is 0.455. The van der Waals surface area contributed by atoms with E-state index in [0.717, 1.165) is 31.2 Å². The van der Waals surface area contributed by atoms with Crippen LogP contribution in [0.5, 0.6) is 0 Å². The Hall–Kier alpha value is -0.960. The Bertz CT molecular complexity index is 306. The number of hydrogen-bond acceptors (Lipinski definition) is 2. The van der Waals surface area contributed by atoms with Crippen molar-refractivity contribution in [3.63, 3.8) is 0 Å². The standard InChI is InChI=1S/C10H13FN2/c11-9-7-8(3-6-13-9)10(12)4-1-2-5-10/h3,6-7H,1-2,4-5,12H2. The van der Waals surface area contributed by atoms with Gasteiger partial charge in [-0.1, -0.05) is 12.8 Å². The molecule has 0 radical (unpaired) electrons. The summed E-state index contributed by atoms with van der Waals surface area (Å²) in [5, 5.41) is 0. The monoisotopic (exact) mass is 180 g/mol. The third-order valence-corrected chi connectivity index (χ3v) is 2.80. The van der Waals surface area contributed by atoms with Crippen LogP contribution >= 0.6 is 0 Å². The largest absolute Gasteiger partial charge is 0.321 e. The molecule has 0 bridgehead atoms. The fraction of sp³-hybridized carbons (Fsp3) is 0.500. The first kappa shape index (κ1) is 8.63. The van der Waals surface area contributed by atoms with E-state index in [2.05, 4.69) is 4.98 Å². The summed E-state index contributed by atoms with van der Waals surface area (Å²) < 4.78 is 12.8. The number of hydrogen-bond donors (Lipinski definition) is 1. The summed E-state index contributed by atoms with van der Waals surface area (Å²) in [4.78, 5) is 3.52. The van der Waals surface area contributed by atoms with Gasteiger partial charge in [-0.3, -0.25) is 0 Å². The zero-order valence-electron chi connectivity index (χ0n) is 7.46. The van der Waals surface area contributed by atoms with Gasteiger partial charge in [0.15, 0.2) is 0 Å². The molecule has 2 rings (SSSR count). The van der Waals surface area contributed by atoms with Gasteiger partial charge in [0, 0.05) is 11.7 Å². The molecule has 2 N–H and O–H groups in total. The summed E-state index contributed by atoms with van der Waals surface area (Å²) in [5.74, 6) is -0.436. The Morgan fingerprint density at radius 1 is 1.38 bits per heavy atom. The van der Waals surface area contributed by atoms with Gasteiger partial charge in [-0.2, -0.15) is 4.39 Å². The minimum atomic E-state index is -0.436. The first-order chi connectivity index (χ1) is 6.21. The lowest BCUT2D eigenvalue weighted by Gasteiger charge is -2.23. The van der Waals surface area contributed by atoms with E-state index in [-0.39, 0.29) is 5.54 Å². The van der Waals surface area contributed by atoms with Crippen LogP contribution in [-0.4, -0.2) is 4.98 Å². The molecule has 1 saturated carbocycles. The van der Waals surface area contributed by atoms with Gasteiger partial charge in [0.25, 0.3) is 0 Å². The molecule has 0 aromatic carbocycles. The summed E-state index contributed by atoms with van der Waals surface area (Å²) in [6, 6.07) is 3.26. The van der Waals surface area contributed by atoms with Gasteiger partial charge in [0.1, 0.15) is 0 Å². The smallest absolute Gasteiger partial charge is 0.213 e. The van der Waals surface area contributed by atoms with Crippen LogP contribution in [0.4, 0.5) is 4.39 Å². The summed E-state index contributed by atoms with van der Waals surface area (Å²) in [6.45, 7) is 0. The topological polar surface area (TPSA) is 38.9 Å². The highest BCUT2D eigenvalue weighted by molar-refractivity contribution is 5.22. The van der Waals surface area contributed by atoms with Gasteiger partial charge in [0.05, 0.1) is 0 Å². The van der Waals surface area contributed by atoms with Crippen LogP contribution in [0, 0.1) is 5.95 Å². The quantitative estimate of drug-likeness (QED) is 0.671. The van der Waals surface area contributed by atoms with Crippen LogP contribution in [0.1, 0.15) is 31.2 Å². The van der Waals surface area contributed by atoms with Crippen LogP contribution in [0.2, 0.25) is 0 Å². The maximum atomic E-state index is 12.8. The Morgan fingerprint density at radius 3 is 2.69 bits per heavy atom. The molecule has 0 aliphatic heterocycles. The fourth-order valence-electron chi connectivity index (χ4n) is 2.01. The second-order valence-electron chi connectivity index (χ2n) is 3.73. The predicted molar refractivity (Wildman–Crippen MR) is 48.5 cm³/mol. The van der Waals surface area contributed by atoms with Gasteiger partial charge >= 0.3 is 0 Å². The molecule has 1 aliphatic carbocycles. The molecular weight excluding hydrogens is 167 g/mol. The molecule has 1 aromatic heterocycles. The SMILES string of the molecule is NC1(c2ccnc(F)c2)CCCC1. The summed E-state index contributed by atoms with van der Waals surface area (Å²) in [7, 11) is 0. The number of halogens is 1. The summed E-state index contributed by atoms with van der Waals surface area (Å²) in [5.41, 5.74) is 6.74. The van der Waals surface area contributed by atoms with E-state index in [4.69, 9.17) is 5.73 Å². The molecule has 0 atom stereocenters. The number of pyridine rings is 1. The number of rotatable bonds is 1. The lowest BCUT2D eigenvalue weighted by Crippen LogP contribution is -2.33. The number of aromatic nitrogens is 1. The Kier molecular flexibility index (Phi) is 2.04. The minimum Gasteiger partial charge on any atom is -0.321 e. The molecule has 13 heavy (non-hydrogen) atoms. The molecule has 1 heterocycles. The van der Waals surface area contributed by atoms with E-state index in [9.17, 15) is 4.39 Å². The van der Waals surface area contributed by atoms with Crippen molar-refractivity contribution in [1.82, 2.24) is 4.98 Å². The van der Waals surface area contributed by atoms with Crippen molar-refractivity contribution in [2.45, 2.75) is 31.2 Å². The highest BCUT2D eigenvalue weighted by Gasteiger charge is 2.31. The van der Waals surface area contributed by atoms with Gasteiger partial charge in [-0.25, -0.2) is 4.98 Å². The molecule has 1 aromatic rings. The normalized spacial score (nSPS) is 20.5. The van der Waals surface area contributed by atoms with Crippen LogP contribution in [0.15, 0.2) is 18.3 Å². The molecule has 1 aliphatic rings. The molecular formula is C10H13FN2. The molecule has 0 saturated heterocycles. The highest BCUT2D eigenvalue weighted by Crippen LogP contribution is 2.35. The van der Waals surface area contributed by atoms with Gasteiger partial charge in [-0.15, -0.1) is 0 Å². The minimum absolute atomic E-state index is 0.302. The van der Waals surface area contributed by atoms with Crippen molar-refractivity contribution in [2.75, 3.05) is 0 Å². The van der Waals surface area contributed by atoms with E-state index in [0.29, 0.717) is 0 Å². The van der Waals surface area contributed by atoms with E-state index in [1.54, 1.807) is 0 Å². The Balaban J connectivity index is 2.33. The van der Waals surface area contributed by atoms with Crippen molar-refractivity contribution in [3.05, 3.63) is 29.8 Å². The Morgan fingerprint density at radius 2 is 2.08 bits per heavy atom. The summed E-state index contributed by atoms with van der Waals surface area (Å²) >= 11 is 0. The van der Waals surface area contributed by atoms with Gasteiger partial charge in [-0.05, 0) is 30.5 Å². The van der Waals surface area contributed by atoms with E-state index in [1.807, 2.05) is 6.07 Å². The molecule has 70 valence electrons. The van der Waals surface area contributed by atoms with Gasteiger partial charge in [0.2, 0.25) is 5.95 Å². The molecule has 1 fully saturated rings. The summed E-state index contributed by atoms with van der Waals surface area (Å²) in [6.07, 6.45) is 5.67. The first-order valence-electron chi connectivity index (χ1n) is 4.62.